The van der Waals surface area contributed by atoms with Crippen LogP contribution in [0.2, 0.25) is 0 Å². The van der Waals surface area contributed by atoms with Crippen LogP contribution in [0.3, 0.4) is 0 Å². The Labute approximate surface area is 142 Å². The molecule has 0 aromatic heterocycles. The summed E-state index contributed by atoms with van der Waals surface area (Å²) in [6.45, 7) is 2.64. The number of benzene rings is 2. The molecule has 3 N–H and O–H groups in total. The first-order chi connectivity index (χ1) is 11.6. The molecule has 2 rings (SSSR count). The van der Waals surface area contributed by atoms with Crippen LogP contribution < -0.4 is 20.5 Å². The first kappa shape index (κ1) is 17.4. The summed E-state index contributed by atoms with van der Waals surface area (Å²) >= 11 is 0. The minimum absolute atomic E-state index is 0.239. The number of carbonyl (C=O) groups excluding carboxylic acids is 1. The van der Waals surface area contributed by atoms with E-state index in [1.54, 1.807) is 25.3 Å². The van der Waals surface area contributed by atoms with Crippen molar-refractivity contribution in [3.63, 3.8) is 0 Å². The molecule has 2 aromatic rings. The standard InChI is InChI=1S/C19H22N2O3/c1-3-12-24-18-7-5-4-6-16(18)21-19(22)11-9-14-8-10-17(23-2)15(20)13-14/h4-11,13H,3,12,20H2,1-2H3,(H,21,22)/b11-9-. The van der Waals surface area contributed by atoms with E-state index in [1.807, 2.05) is 37.3 Å². The monoisotopic (exact) mass is 326 g/mol. The summed E-state index contributed by atoms with van der Waals surface area (Å²) in [5.41, 5.74) is 7.84. The maximum Gasteiger partial charge on any atom is 0.248 e. The molecule has 0 bridgehead atoms. The lowest BCUT2D eigenvalue weighted by atomic mass is 10.1. The molecule has 24 heavy (non-hydrogen) atoms. The van der Waals surface area contributed by atoms with Gasteiger partial charge in [0.1, 0.15) is 11.5 Å². The highest BCUT2D eigenvalue weighted by molar-refractivity contribution is 6.02. The number of ether oxygens (including phenoxy) is 2. The highest BCUT2D eigenvalue weighted by Crippen LogP contribution is 2.24. The minimum atomic E-state index is -0.239. The second-order valence-electron chi connectivity index (χ2n) is 5.17. The van der Waals surface area contributed by atoms with Crippen LogP contribution >= 0.6 is 0 Å². The number of para-hydroxylation sites is 2. The van der Waals surface area contributed by atoms with Gasteiger partial charge in [-0.2, -0.15) is 0 Å². The summed E-state index contributed by atoms with van der Waals surface area (Å²) in [5, 5.41) is 2.82. The number of amides is 1. The van der Waals surface area contributed by atoms with E-state index < -0.39 is 0 Å². The Kier molecular flexibility index (Phi) is 6.25. The highest BCUT2D eigenvalue weighted by Gasteiger charge is 2.05. The molecule has 0 saturated heterocycles. The van der Waals surface area contributed by atoms with E-state index in [9.17, 15) is 4.79 Å². The Morgan fingerprint density at radius 3 is 2.71 bits per heavy atom. The molecule has 0 heterocycles. The van der Waals surface area contributed by atoms with Gasteiger partial charge in [-0.3, -0.25) is 4.79 Å². The fourth-order valence-electron chi connectivity index (χ4n) is 2.11. The number of methoxy groups -OCH3 is 1. The topological polar surface area (TPSA) is 73.6 Å². The molecule has 0 atom stereocenters. The Morgan fingerprint density at radius 1 is 1.21 bits per heavy atom. The molecule has 0 aliphatic carbocycles. The molecule has 0 unspecified atom stereocenters. The average molecular weight is 326 g/mol. The Morgan fingerprint density at radius 2 is 2.00 bits per heavy atom. The molecular formula is C19H22N2O3. The lowest BCUT2D eigenvalue weighted by molar-refractivity contribution is -0.111. The van der Waals surface area contributed by atoms with Gasteiger partial charge in [0.05, 0.1) is 25.1 Å². The van der Waals surface area contributed by atoms with Crippen molar-refractivity contribution in [2.75, 3.05) is 24.8 Å². The fraction of sp³-hybridized carbons (Fsp3) is 0.211. The van der Waals surface area contributed by atoms with Crippen molar-refractivity contribution < 1.29 is 14.3 Å². The van der Waals surface area contributed by atoms with Crippen LogP contribution in [-0.2, 0) is 4.79 Å². The van der Waals surface area contributed by atoms with Crippen molar-refractivity contribution in [3.8, 4) is 11.5 Å². The third kappa shape index (κ3) is 4.78. The number of hydrogen-bond acceptors (Lipinski definition) is 4. The van der Waals surface area contributed by atoms with Gasteiger partial charge >= 0.3 is 0 Å². The van der Waals surface area contributed by atoms with Crippen molar-refractivity contribution in [2.45, 2.75) is 13.3 Å². The van der Waals surface area contributed by atoms with Crippen LogP contribution in [0.25, 0.3) is 6.08 Å². The van der Waals surface area contributed by atoms with Crippen LogP contribution in [0.5, 0.6) is 11.5 Å². The molecule has 2 aromatic carbocycles. The summed E-state index contributed by atoms with van der Waals surface area (Å²) in [4.78, 5) is 12.1. The van der Waals surface area contributed by atoms with Crippen LogP contribution in [-0.4, -0.2) is 19.6 Å². The number of hydrogen-bond donors (Lipinski definition) is 2. The molecule has 0 aliphatic rings. The Hall–Kier alpha value is -2.95. The van der Waals surface area contributed by atoms with E-state index in [4.69, 9.17) is 15.2 Å². The Balaban J connectivity index is 2.04. The van der Waals surface area contributed by atoms with Gasteiger partial charge in [-0.25, -0.2) is 0 Å². The molecule has 5 heteroatoms. The van der Waals surface area contributed by atoms with Crippen LogP contribution in [0.4, 0.5) is 11.4 Å². The molecule has 0 saturated carbocycles. The highest BCUT2D eigenvalue weighted by atomic mass is 16.5. The zero-order valence-electron chi connectivity index (χ0n) is 13.9. The molecule has 0 spiro atoms. The maximum atomic E-state index is 12.1. The van der Waals surface area contributed by atoms with Gasteiger partial charge in [0.15, 0.2) is 0 Å². The van der Waals surface area contributed by atoms with Crippen molar-refractivity contribution in [2.24, 2.45) is 0 Å². The third-order valence-electron chi connectivity index (χ3n) is 3.29. The average Bonchev–Trinajstić information content (AvgIpc) is 2.59. The van der Waals surface area contributed by atoms with Crippen molar-refractivity contribution in [3.05, 3.63) is 54.1 Å². The quantitative estimate of drug-likeness (QED) is 0.601. The van der Waals surface area contributed by atoms with E-state index in [2.05, 4.69) is 5.32 Å². The SMILES string of the molecule is CCCOc1ccccc1NC(=O)/C=C\c1ccc(OC)c(N)c1. The van der Waals surface area contributed by atoms with Gasteiger partial charge < -0.3 is 20.5 Å². The van der Waals surface area contributed by atoms with Gasteiger partial charge in [-0.1, -0.05) is 25.1 Å². The van der Waals surface area contributed by atoms with Crippen molar-refractivity contribution in [1.29, 1.82) is 0 Å². The Bertz CT molecular complexity index is 726. The minimum Gasteiger partial charge on any atom is -0.495 e. The summed E-state index contributed by atoms with van der Waals surface area (Å²) in [7, 11) is 1.56. The van der Waals surface area contributed by atoms with Gasteiger partial charge in [0.25, 0.3) is 0 Å². The summed E-state index contributed by atoms with van der Waals surface area (Å²) in [5.74, 6) is 1.03. The largest absolute Gasteiger partial charge is 0.495 e. The molecule has 1 amide bonds. The molecule has 0 fully saturated rings. The van der Waals surface area contributed by atoms with E-state index in [-0.39, 0.29) is 5.91 Å². The summed E-state index contributed by atoms with van der Waals surface area (Å²) in [6, 6.07) is 12.7. The number of nitrogens with two attached hydrogens (primary N) is 1. The first-order valence-electron chi connectivity index (χ1n) is 7.78. The van der Waals surface area contributed by atoms with Crippen LogP contribution in [0, 0.1) is 0 Å². The van der Waals surface area contributed by atoms with Gasteiger partial charge in [0.2, 0.25) is 5.91 Å². The zero-order valence-corrected chi connectivity index (χ0v) is 13.9. The zero-order chi connectivity index (χ0) is 17.4. The van der Waals surface area contributed by atoms with Crippen molar-refractivity contribution in [1.82, 2.24) is 0 Å². The lowest BCUT2D eigenvalue weighted by Gasteiger charge is -2.10. The summed E-state index contributed by atoms with van der Waals surface area (Å²) < 4.78 is 10.7. The first-order valence-corrected chi connectivity index (χ1v) is 7.78. The number of carbonyl (C=O) groups is 1. The smallest absolute Gasteiger partial charge is 0.248 e. The molecular weight excluding hydrogens is 304 g/mol. The van der Waals surface area contributed by atoms with Gasteiger partial charge in [-0.15, -0.1) is 0 Å². The van der Waals surface area contributed by atoms with E-state index in [0.717, 1.165) is 12.0 Å². The van der Waals surface area contributed by atoms with E-state index >= 15 is 0 Å². The lowest BCUT2D eigenvalue weighted by Crippen LogP contribution is -2.09. The number of nitrogens with one attached hydrogen (secondary N) is 1. The molecule has 0 radical (unpaired) electrons. The van der Waals surface area contributed by atoms with Gasteiger partial charge in [0, 0.05) is 6.08 Å². The number of rotatable bonds is 7. The normalized spacial score (nSPS) is 10.6. The number of nitrogen functional groups attached to an aromatic ring is 1. The van der Waals surface area contributed by atoms with Crippen LogP contribution in [0.15, 0.2) is 48.5 Å². The molecule has 0 aliphatic heterocycles. The second kappa shape index (κ2) is 8.62. The number of anilines is 2. The second-order valence-corrected chi connectivity index (χ2v) is 5.17. The summed E-state index contributed by atoms with van der Waals surface area (Å²) in [6.07, 6.45) is 4.06. The van der Waals surface area contributed by atoms with E-state index in [0.29, 0.717) is 29.5 Å². The van der Waals surface area contributed by atoms with Crippen LogP contribution in [0.1, 0.15) is 18.9 Å². The molecule has 126 valence electrons. The fourth-order valence-corrected chi connectivity index (χ4v) is 2.11. The predicted molar refractivity (Wildman–Crippen MR) is 97.3 cm³/mol. The molecule has 5 nitrogen and oxygen atoms in total. The predicted octanol–water partition coefficient (Wildman–Crippen LogP) is 3.72. The van der Waals surface area contributed by atoms with E-state index in [1.165, 1.54) is 6.08 Å². The maximum absolute atomic E-state index is 12.1. The van der Waals surface area contributed by atoms with Gasteiger partial charge in [-0.05, 0) is 42.3 Å². The third-order valence-corrected chi connectivity index (χ3v) is 3.29. The van der Waals surface area contributed by atoms with Crippen molar-refractivity contribution >= 4 is 23.4 Å².